The maximum atomic E-state index is 13.7. The van der Waals surface area contributed by atoms with Crippen LogP contribution in [0.1, 0.15) is 31.9 Å². The Morgan fingerprint density at radius 3 is 2.52 bits per heavy atom. The Morgan fingerprint density at radius 1 is 1.38 bits per heavy atom. The van der Waals surface area contributed by atoms with Gasteiger partial charge in [-0.2, -0.15) is 0 Å². The molecule has 0 aliphatic rings. The topological polar surface area (TPSA) is 75.6 Å². The van der Waals surface area contributed by atoms with Crippen LogP contribution in [0.2, 0.25) is 0 Å². The molecule has 0 unspecified atom stereocenters. The van der Waals surface area contributed by atoms with Crippen LogP contribution in [-0.2, 0) is 16.0 Å². The second kappa shape index (κ2) is 6.56. The lowest BCUT2D eigenvalue weighted by Crippen LogP contribution is -2.44. The molecule has 1 rings (SSSR count). The highest BCUT2D eigenvalue weighted by Crippen LogP contribution is 2.13. The van der Waals surface area contributed by atoms with Crippen LogP contribution in [0.15, 0.2) is 18.2 Å². The van der Waals surface area contributed by atoms with Crippen molar-refractivity contribution in [2.45, 2.75) is 45.8 Å². The monoisotopic (exact) mass is 297 g/mol. The van der Waals surface area contributed by atoms with E-state index in [1.165, 1.54) is 6.07 Å². The van der Waals surface area contributed by atoms with E-state index in [0.29, 0.717) is 0 Å². The second-order valence-corrected chi connectivity index (χ2v) is 5.84. The van der Waals surface area contributed by atoms with Gasteiger partial charge in [0.2, 0.25) is 0 Å². The van der Waals surface area contributed by atoms with Gasteiger partial charge in [0, 0.05) is 6.42 Å². The lowest BCUT2D eigenvalue weighted by molar-refractivity contribution is -0.139. The van der Waals surface area contributed by atoms with Crippen LogP contribution in [0, 0.1) is 12.7 Å². The van der Waals surface area contributed by atoms with Gasteiger partial charge in [0.05, 0.1) is 0 Å². The fraction of sp³-hybridized carbons (Fsp3) is 0.467. The predicted octanol–water partition coefficient (Wildman–Crippen LogP) is 2.65. The first-order valence-electron chi connectivity index (χ1n) is 6.56. The Morgan fingerprint density at radius 2 is 2.00 bits per heavy atom. The summed E-state index contributed by atoms with van der Waals surface area (Å²) in [6, 6.07) is 3.17. The summed E-state index contributed by atoms with van der Waals surface area (Å²) >= 11 is 0. The highest BCUT2D eigenvalue weighted by Gasteiger charge is 2.25. The van der Waals surface area contributed by atoms with E-state index in [-0.39, 0.29) is 12.0 Å². The summed E-state index contributed by atoms with van der Waals surface area (Å²) in [6.07, 6.45) is -0.995. The van der Waals surface area contributed by atoms with Crippen LogP contribution in [0.3, 0.4) is 0 Å². The molecule has 1 aromatic rings. The van der Waals surface area contributed by atoms with Crippen LogP contribution < -0.4 is 5.32 Å². The van der Waals surface area contributed by atoms with Crippen LogP contribution in [0.4, 0.5) is 9.18 Å². The van der Waals surface area contributed by atoms with E-state index in [0.717, 1.165) is 5.56 Å². The fourth-order valence-electron chi connectivity index (χ4n) is 1.73. The van der Waals surface area contributed by atoms with Crippen molar-refractivity contribution in [3.63, 3.8) is 0 Å². The number of carbonyl (C=O) groups is 2. The van der Waals surface area contributed by atoms with Gasteiger partial charge in [-0.1, -0.05) is 17.7 Å². The molecular formula is C15H20FNO4. The van der Waals surface area contributed by atoms with E-state index in [1.54, 1.807) is 39.8 Å². The molecule has 0 aliphatic heterocycles. The van der Waals surface area contributed by atoms with Gasteiger partial charge in [-0.3, -0.25) is 0 Å². The predicted molar refractivity (Wildman–Crippen MR) is 75.6 cm³/mol. The quantitative estimate of drug-likeness (QED) is 0.896. The summed E-state index contributed by atoms with van der Waals surface area (Å²) in [5.41, 5.74) is 0.313. The van der Waals surface area contributed by atoms with Crippen molar-refractivity contribution >= 4 is 12.1 Å². The molecule has 1 amide bonds. The summed E-state index contributed by atoms with van der Waals surface area (Å²) in [5, 5.41) is 11.4. The SMILES string of the molecule is Cc1ccc(F)c(C[C@H](NC(=O)OC(C)(C)C)C(=O)O)c1. The van der Waals surface area contributed by atoms with Crippen molar-refractivity contribution < 1.29 is 23.8 Å². The van der Waals surface area contributed by atoms with E-state index in [2.05, 4.69) is 5.32 Å². The van der Waals surface area contributed by atoms with Crippen LogP contribution >= 0.6 is 0 Å². The summed E-state index contributed by atoms with van der Waals surface area (Å²) in [6.45, 7) is 6.79. The van der Waals surface area contributed by atoms with Gasteiger partial charge in [0.25, 0.3) is 0 Å². The zero-order valence-electron chi connectivity index (χ0n) is 12.6. The molecule has 21 heavy (non-hydrogen) atoms. The Labute approximate surface area is 123 Å². The number of carboxylic acid groups (broad SMARTS) is 1. The minimum Gasteiger partial charge on any atom is -0.480 e. The minimum atomic E-state index is -1.25. The number of aliphatic carboxylic acids is 1. The third-order valence-electron chi connectivity index (χ3n) is 2.61. The van der Waals surface area contributed by atoms with Gasteiger partial charge >= 0.3 is 12.1 Å². The molecule has 1 atom stereocenters. The molecule has 0 saturated heterocycles. The molecule has 0 aromatic heterocycles. The maximum absolute atomic E-state index is 13.7. The molecule has 0 spiro atoms. The second-order valence-electron chi connectivity index (χ2n) is 5.84. The van der Waals surface area contributed by atoms with E-state index >= 15 is 0 Å². The van der Waals surface area contributed by atoms with E-state index in [9.17, 15) is 14.0 Å². The van der Waals surface area contributed by atoms with Crippen LogP contribution in [-0.4, -0.2) is 28.8 Å². The van der Waals surface area contributed by atoms with Gasteiger partial charge in [-0.25, -0.2) is 14.0 Å². The number of hydrogen-bond acceptors (Lipinski definition) is 3. The zero-order chi connectivity index (χ0) is 16.2. The van der Waals surface area contributed by atoms with Crippen molar-refractivity contribution in [3.8, 4) is 0 Å². The van der Waals surface area contributed by atoms with Crippen molar-refractivity contribution in [1.29, 1.82) is 0 Å². The van der Waals surface area contributed by atoms with E-state index in [1.807, 2.05) is 0 Å². The largest absolute Gasteiger partial charge is 0.480 e. The normalized spacial score (nSPS) is 12.6. The number of benzene rings is 1. The minimum absolute atomic E-state index is 0.151. The van der Waals surface area contributed by atoms with Gasteiger partial charge in [0.15, 0.2) is 0 Å². The number of aryl methyl sites for hydroxylation is 1. The van der Waals surface area contributed by atoms with Crippen molar-refractivity contribution in [3.05, 3.63) is 35.1 Å². The standard InChI is InChI=1S/C15H20FNO4/c1-9-5-6-11(16)10(7-9)8-12(13(18)19)17-14(20)21-15(2,3)4/h5-7,12H,8H2,1-4H3,(H,17,20)(H,18,19)/t12-/m0/s1. The third-order valence-corrected chi connectivity index (χ3v) is 2.61. The Kier molecular flexibility index (Phi) is 5.29. The first kappa shape index (κ1) is 16.9. The molecule has 116 valence electrons. The lowest BCUT2D eigenvalue weighted by Gasteiger charge is -2.22. The molecule has 0 saturated carbocycles. The van der Waals surface area contributed by atoms with Gasteiger partial charge < -0.3 is 15.2 Å². The Hall–Kier alpha value is -2.11. The number of hydrogen-bond donors (Lipinski definition) is 2. The number of amides is 1. The summed E-state index contributed by atoms with van der Waals surface area (Å²) in [4.78, 5) is 22.8. The van der Waals surface area contributed by atoms with Crippen molar-refractivity contribution in [2.75, 3.05) is 0 Å². The third kappa shape index (κ3) is 5.81. The molecule has 1 aromatic carbocycles. The molecule has 6 heteroatoms. The molecule has 0 aliphatic carbocycles. The maximum Gasteiger partial charge on any atom is 0.408 e. The van der Waals surface area contributed by atoms with E-state index < -0.39 is 29.5 Å². The van der Waals surface area contributed by atoms with Crippen molar-refractivity contribution in [1.82, 2.24) is 5.32 Å². The molecule has 2 N–H and O–H groups in total. The van der Waals surface area contributed by atoms with Gasteiger partial charge in [0.1, 0.15) is 17.5 Å². The lowest BCUT2D eigenvalue weighted by atomic mass is 10.0. The number of ether oxygens (including phenoxy) is 1. The molecular weight excluding hydrogens is 277 g/mol. The average molecular weight is 297 g/mol. The number of halogens is 1. The number of carboxylic acids is 1. The van der Waals surface area contributed by atoms with Crippen LogP contribution in [0.25, 0.3) is 0 Å². The molecule has 0 fully saturated rings. The van der Waals surface area contributed by atoms with Crippen LogP contribution in [0.5, 0.6) is 0 Å². The smallest absolute Gasteiger partial charge is 0.408 e. The summed E-state index contributed by atoms with van der Waals surface area (Å²) < 4.78 is 18.7. The molecule has 0 radical (unpaired) electrons. The number of carbonyl (C=O) groups excluding carboxylic acids is 1. The summed E-state index contributed by atoms with van der Waals surface area (Å²) in [7, 11) is 0. The van der Waals surface area contributed by atoms with Gasteiger partial charge in [-0.15, -0.1) is 0 Å². The highest BCUT2D eigenvalue weighted by atomic mass is 19.1. The molecule has 0 bridgehead atoms. The van der Waals surface area contributed by atoms with Gasteiger partial charge in [-0.05, 0) is 39.3 Å². The number of nitrogens with one attached hydrogen (secondary N) is 1. The van der Waals surface area contributed by atoms with Crippen molar-refractivity contribution in [2.24, 2.45) is 0 Å². The first-order valence-corrected chi connectivity index (χ1v) is 6.56. The first-order chi connectivity index (χ1) is 9.58. The highest BCUT2D eigenvalue weighted by molar-refractivity contribution is 5.80. The Balaban J connectivity index is 2.81. The number of rotatable bonds is 4. The zero-order valence-corrected chi connectivity index (χ0v) is 12.6. The fourth-order valence-corrected chi connectivity index (χ4v) is 1.73. The summed E-state index contributed by atoms with van der Waals surface area (Å²) in [5.74, 6) is -1.75. The molecule has 5 nitrogen and oxygen atoms in total. The average Bonchev–Trinajstić information content (AvgIpc) is 2.30. The molecule has 0 heterocycles. The Bertz CT molecular complexity index is 537. The van der Waals surface area contributed by atoms with E-state index in [4.69, 9.17) is 9.84 Å². The number of alkyl carbamates (subject to hydrolysis) is 1.